The minimum Gasteiger partial charge on any atom is -0.326 e. The molecule has 0 bridgehead atoms. The van der Waals surface area contributed by atoms with E-state index < -0.39 is 11.7 Å². The third-order valence-electron chi connectivity index (χ3n) is 4.51. The number of halogens is 3. The molecule has 0 aromatic heterocycles. The molecule has 4 nitrogen and oxygen atoms in total. The van der Waals surface area contributed by atoms with Gasteiger partial charge >= 0.3 is 6.18 Å². The number of anilines is 1. The molecule has 0 unspecified atom stereocenters. The number of benzene rings is 1. The summed E-state index contributed by atoms with van der Waals surface area (Å²) in [6, 6.07) is 4.07. The molecule has 1 saturated heterocycles. The van der Waals surface area contributed by atoms with Crippen molar-refractivity contribution in [2.24, 2.45) is 5.92 Å². The maximum Gasteiger partial charge on any atom is 0.416 e. The zero-order chi connectivity index (χ0) is 18.6. The monoisotopic (exact) mass is 357 g/mol. The quantitative estimate of drug-likeness (QED) is 0.877. The number of rotatable bonds is 5. The van der Waals surface area contributed by atoms with Crippen LogP contribution in [-0.4, -0.2) is 48.4 Å². The predicted octanol–water partition coefficient (Wildman–Crippen LogP) is 3.44. The number of nitrogens with one attached hydrogen (secondary N) is 1. The van der Waals surface area contributed by atoms with Crippen molar-refractivity contribution in [2.45, 2.75) is 33.5 Å². The van der Waals surface area contributed by atoms with Crippen LogP contribution in [0.5, 0.6) is 0 Å². The summed E-state index contributed by atoms with van der Waals surface area (Å²) in [6.07, 6.45) is -4.45. The Morgan fingerprint density at radius 3 is 2.28 bits per heavy atom. The van der Waals surface area contributed by atoms with Gasteiger partial charge in [0, 0.05) is 44.3 Å². The number of piperazine rings is 1. The van der Waals surface area contributed by atoms with E-state index in [1.807, 2.05) is 4.90 Å². The second-order valence-electron chi connectivity index (χ2n) is 6.72. The number of alkyl halides is 3. The third kappa shape index (κ3) is 5.44. The lowest BCUT2D eigenvalue weighted by Gasteiger charge is -2.34. The van der Waals surface area contributed by atoms with Crippen LogP contribution in [0.1, 0.15) is 31.9 Å². The zero-order valence-electron chi connectivity index (χ0n) is 15.0. The Kier molecular flexibility index (Phi) is 6.46. The van der Waals surface area contributed by atoms with E-state index in [4.69, 9.17) is 0 Å². The molecule has 0 radical (unpaired) electrons. The highest BCUT2D eigenvalue weighted by molar-refractivity contribution is 5.92. The molecule has 1 fully saturated rings. The van der Waals surface area contributed by atoms with Gasteiger partial charge in [-0.2, -0.15) is 13.2 Å². The van der Waals surface area contributed by atoms with Crippen LogP contribution in [-0.2, 0) is 17.5 Å². The molecular weight excluding hydrogens is 331 g/mol. The molecule has 25 heavy (non-hydrogen) atoms. The molecule has 1 aliphatic heterocycles. The van der Waals surface area contributed by atoms with Crippen LogP contribution in [0.2, 0.25) is 0 Å². The number of amides is 1. The van der Waals surface area contributed by atoms with Gasteiger partial charge in [0.2, 0.25) is 5.91 Å². The van der Waals surface area contributed by atoms with Gasteiger partial charge in [-0.25, -0.2) is 0 Å². The molecule has 1 aromatic rings. The van der Waals surface area contributed by atoms with Gasteiger partial charge in [-0.3, -0.25) is 9.69 Å². The Morgan fingerprint density at radius 2 is 1.76 bits per heavy atom. The summed E-state index contributed by atoms with van der Waals surface area (Å²) in [5, 5.41) is 2.54. The smallest absolute Gasteiger partial charge is 0.326 e. The Hall–Kier alpha value is -1.60. The van der Waals surface area contributed by atoms with Crippen LogP contribution >= 0.6 is 0 Å². The van der Waals surface area contributed by atoms with E-state index in [-0.39, 0.29) is 29.6 Å². The average Bonchev–Trinajstić information content (AvgIpc) is 2.55. The molecular formula is C18H26F3N3O. The van der Waals surface area contributed by atoms with Crippen molar-refractivity contribution in [3.8, 4) is 0 Å². The number of hydrogen-bond acceptors (Lipinski definition) is 3. The molecule has 1 aromatic carbocycles. The molecule has 7 heteroatoms. The van der Waals surface area contributed by atoms with E-state index in [0.29, 0.717) is 0 Å². The lowest BCUT2D eigenvalue weighted by Crippen LogP contribution is -2.45. The summed E-state index contributed by atoms with van der Waals surface area (Å²) in [5.74, 6) is -0.583. The maximum absolute atomic E-state index is 13.5. The van der Waals surface area contributed by atoms with Gasteiger partial charge in [0.1, 0.15) is 0 Å². The Labute approximate surface area is 147 Å². The summed E-state index contributed by atoms with van der Waals surface area (Å²) >= 11 is 0. The molecule has 1 N–H and O–H groups in total. The van der Waals surface area contributed by atoms with Gasteiger partial charge < -0.3 is 10.2 Å². The summed E-state index contributed by atoms with van der Waals surface area (Å²) in [7, 11) is 0. The van der Waals surface area contributed by atoms with Gasteiger partial charge in [0.25, 0.3) is 0 Å². The van der Waals surface area contributed by atoms with E-state index >= 15 is 0 Å². The summed E-state index contributed by atoms with van der Waals surface area (Å²) in [6.45, 7) is 9.99. The summed E-state index contributed by atoms with van der Waals surface area (Å²) in [4.78, 5) is 16.1. The first kappa shape index (κ1) is 19.7. The first-order chi connectivity index (χ1) is 11.7. The molecule has 0 saturated carbocycles. The van der Waals surface area contributed by atoms with Crippen LogP contribution in [0.3, 0.4) is 0 Å². The topological polar surface area (TPSA) is 35.6 Å². The second-order valence-corrected chi connectivity index (χ2v) is 6.72. The van der Waals surface area contributed by atoms with Crippen LogP contribution < -0.4 is 5.32 Å². The zero-order valence-corrected chi connectivity index (χ0v) is 15.0. The molecule has 2 rings (SSSR count). The standard InChI is InChI=1S/C18H26F3N3O/c1-4-23-7-9-24(10-8-23)12-14-5-6-15(22-17(25)13(2)3)11-16(14)18(19,20)21/h5-6,11,13H,4,7-10,12H2,1-3H3,(H,22,25). The minimum absolute atomic E-state index is 0.186. The van der Waals surface area contributed by atoms with Crippen LogP contribution in [0.4, 0.5) is 18.9 Å². The Balaban J connectivity index is 2.16. The molecule has 1 amide bonds. The molecule has 1 aliphatic rings. The number of hydrogen-bond donors (Lipinski definition) is 1. The van der Waals surface area contributed by atoms with Crippen molar-refractivity contribution in [2.75, 3.05) is 38.0 Å². The van der Waals surface area contributed by atoms with Crippen LogP contribution in [0, 0.1) is 5.92 Å². The van der Waals surface area contributed by atoms with Gasteiger partial charge in [-0.15, -0.1) is 0 Å². The van der Waals surface area contributed by atoms with Crippen molar-refractivity contribution in [3.05, 3.63) is 29.3 Å². The summed E-state index contributed by atoms with van der Waals surface area (Å²) < 4.78 is 40.4. The fourth-order valence-corrected chi connectivity index (χ4v) is 2.85. The van der Waals surface area contributed by atoms with Crippen molar-refractivity contribution >= 4 is 11.6 Å². The van der Waals surface area contributed by atoms with E-state index in [9.17, 15) is 18.0 Å². The fourth-order valence-electron chi connectivity index (χ4n) is 2.85. The van der Waals surface area contributed by atoms with Gasteiger partial charge in [0.15, 0.2) is 0 Å². The highest BCUT2D eigenvalue weighted by atomic mass is 19.4. The molecule has 0 atom stereocenters. The van der Waals surface area contributed by atoms with Crippen molar-refractivity contribution in [1.82, 2.24) is 9.80 Å². The molecule has 1 heterocycles. The first-order valence-electron chi connectivity index (χ1n) is 8.66. The Bertz CT molecular complexity index is 594. The average molecular weight is 357 g/mol. The molecule has 0 spiro atoms. The number of likely N-dealkylation sites (N-methyl/N-ethyl adjacent to an activating group) is 1. The van der Waals surface area contributed by atoms with Gasteiger partial charge in [0.05, 0.1) is 5.56 Å². The highest BCUT2D eigenvalue weighted by Crippen LogP contribution is 2.34. The van der Waals surface area contributed by atoms with Crippen LogP contribution in [0.25, 0.3) is 0 Å². The van der Waals surface area contributed by atoms with Gasteiger partial charge in [-0.1, -0.05) is 26.8 Å². The van der Waals surface area contributed by atoms with E-state index in [1.54, 1.807) is 19.9 Å². The molecule has 0 aliphatic carbocycles. The maximum atomic E-state index is 13.5. The van der Waals surface area contributed by atoms with E-state index in [2.05, 4.69) is 17.1 Å². The number of carbonyl (C=O) groups is 1. The van der Waals surface area contributed by atoms with E-state index in [0.717, 1.165) is 38.8 Å². The van der Waals surface area contributed by atoms with Crippen molar-refractivity contribution in [1.29, 1.82) is 0 Å². The summed E-state index contributed by atoms with van der Waals surface area (Å²) in [5.41, 5.74) is -0.238. The van der Waals surface area contributed by atoms with Crippen molar-refractivity contribution in [3.63, 3.8) is 0 Å². The highest BCUT2D eigenvalue weighted by Gasteiger charge is 2.34. The lowest BCUT2D eigenvalue weighted by molar-refractivity contribution is -0.138. The van der Waals surface area contributed by atoms with Crippen LogP contribution in [0.15, 0.2) is 18.2 Å². The largest absolute Gasteiger partial charge is 0.416 e. The van der Waals surface area contributed by atoms with Crippen molar-refractivity contribution < 1.29 is 18.0 Å². The normalized spacial score (nSPS) is 17.1. The predicted molar refractivity (Wildman–Crippen MR) is 92.3 cm³/mol. The second kappa shape index (κ2) is 8.19. The lowest BCUT2D eigenvalue weighted by atomic mass is 10.0. The number of nitrogens with zero attached hydrogens (tertiary/aromatic N) is 2. The Morgan fingerprint density at radius 1 is 1.16 bits per heavy atom. The van der Waals surface area contributed by atoms with Gasteiger partial charge in [-0.05, 0) is 24.2 Å². The molecule has 140 valence electrons. The van der Waals surface area contributed by atoms with E-state index in [1.165, 1.54) is 6.07 Å². The third-order valence-corrected chi connectivity index (χ3v) is 4.51. The minimum atomic E-state index is -4.45. The first-order valence-corrected chi connectivity index (χ1v) is 8.66. The fraction of sp³-hybridized carbons (Fsp3) is 0.611. The number of carbonyl (C=O) groups excluding carboxylic acids is 1. The SMILES string of the molecule is CCN1CCN(Cc2ccc(NC(=O)C(C)C)cc2C(F)(F)F)CC1.